The first kappa shape index (κ1) is 31.1. The summed E-state index contributed by atoms with van der Waals surface area (Å²) in [7, 11) is -0.974. The smallest absolute Gasteiger partial charge is 0.332 e. The molecule has 1 amide bonds. The van der Waals surface area contributed by atoms with Crippen LogP contribution in [0.25, 0.3) is 0 Å². The van der Waals surface area contributed by atoms with Crippen molar-refractivity contribution in [3.63, 3.8) is 0 Å². The average molecular weight is 502 g/mol. The van der Waals surface area contributed by atoms with E-state index in [0.717, 1.165) is 0 Å². The molecule has 0 atom stereocenters. The van der Waals surface area contributed by atoms with Gasteiger partial charge in [-0.15, -0.1) is 0 Å². The van der Waals surface area contributed by atoms with Crippen molar-refractivity contribution in [2.45, 2.75) is 0 Å². The third-order valence-corrected chi connectivity index (χ3v) is 7.61. The Labute approximate surface area is 190 Å². The maximum absolute atomic E-state index is 11.9. The van der Waals surface area contributed by atoms with Gasteiger partial charge in [0.2, 0.25) is 5.91 Å². The van der Waals surface area contributed by atoms with Gasteiger partial charge in [-0.25, -0.2) is 5.48 Å². The van der Waals surface area contributed by atoms with Crippen molar-refractivity contribution >= 4 is 21.1 Å². The van der Waals surface area contributed by atoms with Gasteiger partial charge < -0.3 is 32.9 Å². The number of hydrogen-bond donors (Lipinski definition) is 2. The second-order valence-electron chi connectivity index (χ2n) is 6.30. The molecule has 0 bridgehead atoms. The Hall–Kier alpha value is -0.910. The van der Waals surface area contributed by atoms with E-state index >= 15 is 0 Å². The highest BCUT2D eigenvalue weighted by Crippen LogP contribution is 2.46. The molecule has 188 valence electrons. The SMILES string of the molecule is C=C(COCCP(=O)(OC)OC)CONCCNC(=O)C(=C)COCCP(=O)(OC)OC. The second kappa shape index (κ2) is 17.6. The van der Waals surface area contributed by atoms with Crippen molar-refractivity contribution in [3.8, 4) is 0 Å². The van der Waals surface area contributed by atoms with Crippen molar-refractivity contribution in [2.24, 2.45) is 0 Å². The fourth-order valence-corrected chi connectivity index (χ4v) is 3.70. The molecule has 2 N–H and O–H groups in total. The van der Waals surface area contributed by atoms with Gasteiger partial charge in [0, 0.05) is 47.1 Å². The third kappa shape index (κ3) is 14.3. The zero-order chi connectivity index (χ0) is 24.5. The normalized spacial score (nSPS) is 12.0. The minimum absolute atomic E-state index is 0.00671. The van der Waals surface area contributed by atoms with E-state index in [-0.39, 0.29) is 56.8 Å². The summed E-state index contributed by atoms with van der Waals surface area (Å²) in [6.45, 7) is 8.84. The number of nitrogens with one attached hydrogen (secondary N) is 2. The highest BCUT2D eigenvalue weighted by molar-refractivity contribution is 7.54. The van der Waals surface area contributed by atoms with E-state index < -0.39 is 15.2 Å². The second-order valence-corrected chi connectivity index (χ2v) is 11.1. The lowest BCUT2D eigenvalue weighted by Crippen LogP contribution is -2.33. The lowest BCUT2D eigenvalue weighted by atomic mass is 10.3. The molecule has 0 heterocycles. The van der Waals surface area contributed by atoms with Crippen LogP contribution in [0.3, 0.4) is 0 Å². The van der Waals surface area contributed by atoms with Gasteiger partial charge in [-0.05, 0) is 5.57 Å². The summed E-state index contributed by atoms with van der Waals surface area (Å²) in [5.41, 5.74) is 3.59. The van der Waals surface area contributed by atoms with E-state index in [4.69, 9.17) is 32.4 Å². The highest BCUT2D eigenvalue weighted by atomic mass is 31.2. The summed E-state index contributed by atoms with van der Waals surface area (Å²) in [6.07, 6.45) is 0.219. The van der Waals surface area contributed by atoms with Crippen molar-refractivity contribution in [1.82, 2.24) is 10.8 Å². The first-order valence-corrected chi connectivity index (χ1v) is 13.1. The van der Waals surface area contributed by atoms with Crippen LogP contribution in [-0.4, -0.2) is 92.8 Å². The topological polar surface area (TPSA) is 140 Å². The van der Waals surface area contributed by atoms with Gasteiger partial charge in [-0.3, -0.25) is 18.8 Å². The molecule has 32 heavy (non-hydrogen) atoms. The fraction of sp³-hybridized carbons (Fsp3) is 0.722. The quantitative estimate of drug-likeness (QED) is 0.0780. The van der Waals surface area contributed by atoms with Crippen LogP contribution in [0.5, 0.6) is 0 Å². The molecule has 0 aromatic rings. The Morgan fingerprint density at radius 2 is 1.28 bits per heavy atom. The lowest BCUT2D eigenvalue weighted by Gasteiger charge is -2.14. The summed E-state index contributed by atoms with van der Waals surface area (Å²) in [6, 6.07) is 0. The van der Waals surface area contributed by atoms with Gasteiger partial charge in [0.1, 0.15) is 0 Å². The molecular weight excluding hydrogens is 466 g/mol. The molecule has 14 heteroatoms. The van der Waals surface area contributed by atoms with Crippen LogP contribution in [-0.2, 0) is 46.3 Å². The molecule has 0 fully saturated rings. The monoisotopic (exact) mass is 502 g/mol. The summed E-state index contributed by atoms with van der Waals surface area (Å²) < 4.78 is 53.5. The van der Waals surface area contributed by atoms with Crippen LogP contribution >= 0.6 is 15.2 Å². The van der Waals surface area contributed by atoms with Crippen molar-refractivity contribution in [1.29, 1.82) is 0 Å². The molecule has 12 nitrogen and oxygen atoms in total. The number of amides is 1. The largest absolute Gasteiger partial charge is 0.376 e. The Morgan fingerprint density at radius 1 is 0.781 bits per heavy atom. The number of carbonyl (C=O) groups is 1. The zero-order valence-corrected chi connectivity index (χ0v) is 21.0. The van der Waals surface area contributed by atoms with Crippen LogP contribution in [0.2, 0.25) is 0 Å². The molecule has 0 saturated carbocycles. The lowest BCUT2D eigenvalue weighted by molar-refractivity contribution is -0.118. The highest BCUT2D eigenvalue weighted by Gasteiger charge is 2.21. The molecule has 0 aromatic heterocycles. The fourth-order valence-electron chi connectivity index (χ4n) is 1.96. The van der Waals surface area contributed by atoms with Gasteiger partial charge in [0.15, 0.2) is 0 Å². The molecule has 0 aromatic carbocycles. The standard InChI is InChI=1S/C18H36N2O10P2/c1-16(13-28-9-11-31(22,24-3)25-4)14-30-20-8-7-19-18(21)17(2)15-29-10-12-32(23,26-5)27-6/h20H,1-2,7-15H2,3-6H3,(H,19,21). The minimum atomic E-state index is -3.13. The Balaban J connectivity index is 3.75. The summed E-state index contributed by atoms with van der Waals surface area (Å²) in [4.78, 5) is 17.1. The first-order valence-electron chi connectivity index (χ1n) is 9.69. The molecule has 0 aliphatic rings. The van der Waals surface area contributed by atoms with Crippen LogP contribution in [0, 0.1) is 0 Å². The van der Waals surface area contributed by atoms with E-state index in [9.17, 15) is 13.9 Å². The van der Waals surface area contributed by atoms with Crippen molar-refractivity contribution in [3.05, 3.63) is 24.3 Å². The third-order valence-electron chi connectivity index (χ3n) is 3.93. The molecule has 0 saturated heterocycles. The Morgan fingerprint density at radius 3 is 1.78 bits per heavy atom. The van der Waals surface area contributed by atoms with Crippen molar-refractivity contribution < 1.29 is 46.3 Å². The van der Waals surface area contributed by atoms with Gasteiger partial charge in [-0.2, -0.15) is 0 Å². The van der Waals surface area contributed by atoms with E-state index in [1.807, 2.05) is 0 Å². The number of hydrogen-bond acceptors (Lipinski definition) is 11. The Bertz CT molecular complexity index is 658. The molecule has 0 aliphatic carbocycles. The molecule has 0 aliphatic heterocycles. The van der Waals surface area contributed by atoms with E-state index in [1.165, 1.54) is 28.4 Å². The van der Waals surface area contributed by atoms with Gasteiger partial charge in [-0.1, -0.05) is 13.2 Å². The maximum atomic E-state index is 11.9. The van der Waals surface area contributed by atoms with E-state index in [0.29, 0.717) is 18.7 Å². The number of ether oxygens (including phenoxy) is 2. The van der Waals surface area contributed by atoms with Crippen LogP contribution < -0.4 is 10.8 Å². The van der Waals surface area contributed by atoms with Crippen LogP contribution in [0.1, 0.15) is 0 Å². The van der Waals surface area contributed by atoms with Crippen LogP contribution in [0.4, 0.5) is 0 Å². The van der Waals surface area contributed by atoms with E-state index in [2.05, 4.69) is 24.0 Å². The van der Waals surface area contributed by atoms with Gasteiger partial charge in [0.25, 0.3) is 0 Å². The van der Waals surface area contributed by atoms with Gasteiger partial charge in [0.05, 0.1) is 45.4 Å². The number of carbonyl (C=O) groups excluding carboxylic acids is 1. The average Bonchev–Trinajstić information content (AvgIpc) is 2.81. The predicted molar refractivity (Wildman–Crippen MR) is 120 cm³/mol. The molecule has 0 radical (unpaired) electrons. The summed E-state index contributed by atoms with van der Waals surface area (Å²) in [5.74, 6) is -0.365. The zero-order valence-electron chi connectivity index (χ0n) is 19.3. The summed E-state index contributed by atoms with van der Waals surface area (Å²) in [5, 5.41) is 2.65. The van der Waals surface area contributed by atoms with Crippen molar-refractivity contribution in [2.75, 3.05) is 86.9 Å². The van der Waals surface area contributed by atoms with E-state index in [1.54, 1.807) is 0 Å². The summed E-state index contributed by atoms with van der Waals surface area (Å²) >= 11 is 0. The molecule has 0 rings (SSSR count). The maximum Gasteiger partial charge on any atom is 0.332 e. The Kier molecular flexibility index (Phi) is 17.1. The molecule has 0 spiro atoms. The molecular formula is C18H36N2O10P2. The number of hydroxylamine groups is 1. The first-order chi connectivity index (χ1) is 15.1. The minimum Gasteiger partial charge on any atom is -0.376 e. The van der Waals surface area contributed by atoms with Gasteiger partial charge >= 0.3 is 15.2 Å². The van der Waals surface area contributed by atoms with Crippen LogP contribution in [0.15, 0.2) is 24.3 Å². The predicted octanol–water partition coefficient (Wildman–Crippen LogP) is 1.74. The number of rotatable bonds is 21. The molecule has 0 unspecified atom stereocenters.